The molecule has 31 heavy (non-hydrogen) atoms. The normalized spacial score (nSPS) is 13.4. The Morgan fingerprint density at radius 3 is 2.68 bits per heavy atom. The average molecular weight is 434 g/mol. The Bertz CT molecular complexity index is 1080. The van der Waals surface area contributed by atoms with Gasteiger partial charge in [-0.3, -0.25) is 4.79 Å². The summed E-state index contributed by atoms with van der Waals surface area (Å²) in [5, 5.41) is 8.00. The highest BCUT2D eigenvalue weighted by molar-refractivity contribution is 8.03. The number of carbonyl (C=O) groups is 1. The molecule has 1 aliphatic rings. The number of fused-ring (bicyclic) bond motifs is 1. The van der Waals surface area contributed by atoms with E-state index in [0.29, 0.717) is 30.2 Å². The lowest BCUT2D eigenvalue weighted by atomic mass is 10.0. The number of hydrogen-bond acceptors (Lipinski definition) is 5. The Morgan fingerprint density at radius 1 is 1.23 bits per heavy atom. The van der Waals surface area contributed by atoms with Crippen LogP contribution in [0.5, 0.6) is 11.5 Å². The third-order valence-electron chi connectivity index (χ3n) is 5.01. The van der Waals surface area contributed by atoms with Crippen LogP contribution in [0.3, 0.4) is 0 Å². The summed E-state index contributed by atoms with van der Waals surface area (Å²) in [5.41, 5.74) is 4.03. The molecule has 0 bridgehead atoms. The van der Waals surface area contributed by atoms with Gasteiger partial charge in [0.15, 0.2) is 5.78 Å². The molecule has 0 aromatic heterocycles. The third kappa shape index (κ3) is 5.36. The fourth-order valence-electron chi connectivity index (χ4n) is 3.35. The van der Waals surface area contributed by atoms with E-state index in [0.717, 1.165) is 38.7 Å². The predicted octanol–water partition coefficient (Wildman–Crippen LogP) is 6.40. The minimum Gasteiger partial charge on any atom is -0.492 e. The zero-order chi connectivity index (χ0) is 22.4. The SMILES string of the molecule is C=C/C(=C\C(=C/C)COc1ccc(C(C)=O)c2c1CCO2)Sc1ccccc1C(C)=N. The van der Waals surface area contributed by atoms with E-state index in [-0.39, 0.29) is 5.78 Å². The van der Waals surface area contributed by atoms with Gasteiger partial charge in [0.2, 0.25) is 0 Å². The zero-order valence-electron chi connectivity index (χ0n) is 18.2. The summed E-state index contributed by atoms with van der Waals surface area (Å²) in [6, 6.07) is 11.5. The summed E-state index contributed by atoms with van der Waals surface area (Å²) in [4.78, 5) is 13.8. The van der Waals surface area contributed by atoms with Crippen molar-refractivity contribution in [3.05, 3.63) is 88.4 Å². The number of nitrogens with one attached hydrogen (secondary N) is 1. The maximum absolute atomic E-state index is 11.8. The van der Waals surface area contributed by atoms with E-state index in [1.165, 1.54) is 0 Å². The Kier molecular flexibility index (Phi) is 7.53. The second kappa shape index (κ2) is 10.3. The first-order valence-electron chi connectivity index (χ1n) is 10.2. The van der Waals surface area contributed by atoms with Gasteiger partial charge in [-0.1, -0.05) is 48.7 Å². The fraction of sp³-hybridized carbons (Fsp3) is 0.231. The molecule has 1 heterocycles. The van der Waals surface area contributed by atoms with Crippen LogP contribution in [0, 0.1) is 5.41 Å². The molecule has 1 aliphatic heterocycles. The largest absolute Gasteiger partial charge is 0.492 e. The molecular formula is C26H27NO3S. The average Bonchev–Trinajstić information content (AvgIpc) is 3.25. The summed E-state index contributed by atoms with van der Waals surface area (Å²) in [5.74, 6) is 1.40. The first-order chi connectivity index (χ1) is 14.9. The summed E-state index contributed by atoms with van der Waals surface area (Å²) in [6.45, 7) is 10.2. The highest BCUT2D eigenvalue weighted by atomic mass is 32.2. The summed E-state index contributed by atoms with van der Waals surface area (Å²) in [7, 11) is 0. The molecule has 160 valence electrons. The van der Waals surface area contributed by atoms with Crippen molar-refractivity contribution in [1.29, 1.82) is 5.41 Å². The van der Waals surface area contributed by atoms with Gasteiger partial charge in [-0.05, 0) is 50.6 Å². The highest BCUT2D eigenvalue weighted by Crippen LogP contribution is 2.37. The predicted molar refractivity (Wildman–Crippen MR) is 128 cm³/mol. The molecule has 4 nitrogen and oxygen atoms in total. The Labute approximate surface area is 188 Å². The molecular weight excluding hydrogens is 406 g/mol. The number of rotatable bonds is 9. The summed E-state index contributed by atoms with van der Waals surface area (Å²) >= 11 is 1.58. The lowest BCUT2D eigenvalue weighted by Gasteiger charge is -2.13. The van der Waals surface area contributed by atoms with Crippen molar-refractivity contribution in [3.8, 4) is 11.5 Å². The standard InChI is InChI=1S/C26H27NO3S/c1-5-19(15-20(6-2)31-25-10-8-7-9-21(25)17(3)27)16-30-24-12-11-22(18(4)28)26-23(24)13-14-29-26/h5-12,15,27H,2,13-14,16H2,1,3-4H3/b19-5+,20-15+,27-17?. The van der Waals surface area contributed by atoms with Gasteiger partial charge in [-0.2, -0.15) is 0 Å². The molecule has 5 heteroatoms. The van der Waals surface area contributed by atoms with E-state index in [1.807, 2.05) is 55.5 Å². The first-order valence-corrected chi connectivity index (χ1v) is 11.0. The first kappa shape index (κ1) is 22.6. The minimum atomic E-state index is -0.00475. The van der Waals surface area contributed by atoms with Gasteiger partial charge in [0.05, 0.1) is 12.2 Å². The van der Waals surface area contributed by atoms with Crippen LogP contribution in [0.1, 0.15) is 42.3 Å². The van der Waals surface area contributed by atoms with E-state index in [2.05, 4.69) is 6.58 Å². The molecule has 0 atom stereocenters. The summed E-state index contributed by atoms with van der Waals surface area (Å²) < 4.78 is 11.8. The van der Waals surface area contributed by atoms with Crippen LogP contribution in [0.15, 0.2) is 76.6 Å². The second-order valence-electron chi connectivity index (χ2n) is 7.20. The number of carbonyl (C=O) groups excluding carboxylic acids is 1. The number of thioether (sulfide) groups is 1. The van der Waals surface area contributed by atoms with Crippen molar-refractivity contribution in [2.75, 3.05) is 13.2 Å². The van der Waals surface area contributed by atoms with E-state index in [9.17, 15) is 4.79 Å². The number of benzene rings is 2. The quantitative estimate of drug-likeness (QED) is 0.215. The van der Waals surface area contributed by atoms with Crippen molar-refractivity contribution in [2.24, 2.45) is 0 Å². The van der Waals surface area contributed by atoms with Crippen molar-refractivity contribution in [3.63, 3.8) is 0 Å². The topological polar surface area (TPSA) is 59.4 Å². The van der Waals surface area contributed by atoms with E-state index in [4.69, 9.17) is 14.9 Å². The van der Waals surface area contributed by atoms with Gasteiger partial charge < -0.3 is 14.9 Å². The van der Waals surface area contributed by atoms with Crippen LogP contribution in [-0.4, -0.2) is 24.7 Å². The fourth-order valence-corrected chi connectivity index (χ4v) is 4.38. The molecule has 0 aliphatic carbocycles. The Morgan fingerprint density at radius 2 is 2.00 bits per heavy atom. The van der Waals surface area contributed by atoms with Gasteiger partial charge in [0.25, 0.3) is 0 Å². The van der Waals surface area contributed by atoms with Crippen molar-refractivity contribution >= 4 is 23.3 Å². The van der Waals surface area contributed by atoms with E-state index < -0.39 is 0 Å². The molecule has 0 saturated heterocycles. The van der Waals surface area contributed by atoms with Crippen molar-refractivity contribution in [1.82, 2.24) is 0 Å². The molecule has 0 unspecified atom stereocenters. The number of hydrogen-bond donors (Lipinski definition) is 1. The molecule has 0 fully saturated rings. The van der Waals surface area contributed by atoms with Gasteiger partial charge in [-0.25, -0.2) is 0 Å². The molecule has 0 radical (unpaired) electrons. The molecule has 1 N–H and O–H groups in total. The molecule has 0 amide bonds. The maximum atomic E-state index is 11.8. The van der Waals surface area contributed by atoms with Crippen LogP contribution in [0.2, 0.25) is 0 Å². The third-order valence-corrected chi connectivity index (χ3v) is 6.10. The number of allylic oxidation sites excluding steroid dienone is 2. The highest BCUT2D eigenvalue weighted by Gasteiger charge is 2.23. The number of Topliss-reactive ketones (excluding diaryl/α,β-unsaturated/α-hetero) is 1. The van der Waals surface area contributed by atoms with Crippen LogP contribution >= 0.6 is 11.8 Å². The molecule has 0 spiro atoms. The molecule has 2 aromatic rings. The van der Waals surface area contributed by atoms with E-state index >= 15 is 0 Å². The lowest BCUT2D eigenvalue weighted by molar-refractivity contribution is 0.101. The maximum Gasteiger partial charge on any atom is 0.163 e. The van der Waals surface area contributed by atoms with Crippen molar-refractivity contribution < 1.29 is 14.3 Å². The molecule has 2 aromatic carbocycles. The van der Waals surface area contributed by atoms with Gasteiger partial charge >= 0.3 is 0 Å². The van der Waals surface area contributed by atoms with E-state index in [1.54, 1.807) is 31.7 Å². The second-order valence-corrected chi connectivity index (χ2v) is 8.32. The van der Waals surface area contributed by atoms with Gasteiger partial charge in [0.1, 0.15) is 18.1 Å². The monoisotopic (exact) mass is 433 g/mol. The van der Waals surface area contributed by atoms with Crippen molar-refractivity contribution in [2.45, 2.75) is 32.1 Å². The number of ether oxygens (including phenoxy) is 2. The molecule has 0 saturated carbocycles. The Balaban J connectivity index is 1.77. The minimum absolute atomic E-state index is 0.00475. The van der Waals surface area contributed by atoms with Crippen LogP contribution in [0.25, 0.3) is 0 Å². The van der Waals surface area contributed by atoms with Gasteiger partial charge in [-0.15, -0.1) is 0 Å². The lowest BCUT2D eigenvalue weighted by Crippen LogP contribution is -2.03. The van der Waals surface area contributed by atoms with Crippen LogP contribution < -0.4 is 9.47 Å². The summed E-state index contributed by atoms with van der Waals surface area (Å²) in [6.07, 6.45) is 6.62. The van der Waals surface area contributed by atoms with Crippen LogP contribution in [0.4, 0.5) is 0 Å². The Hall–Kier alpha value is -3.05. The number of ketones is 1. The zero-order valence-corrected chi connectivity index (χ0v) is 19.0. The molecule has 3 rings (SSSR count). The van der Waals surface area contributed by atoms with Crippen LogP contribution in [-0.2, 0) is 6.42 Å². The smallest absolute Gasteiger partial charge is 0.163 e. The van der Waals surface area contributed by atoms with Gasteiger partial charge in [0, 0.05) is 33.1 Å².